The minimum absolute atomic E-state index is 0.00481. The fraction of sp³-hybridized carbons (Fsp3) is 0.600. The largest absolute Gasteiger partial charge is 0.392 e. The van der Waals surface area contributed by atoms with E-state index in [1.54, 1.807) is 6.20 Å². The van der Waals surface area contributed by atoms with E-state index in [0.717, 1.165) is 46.8 Å². The van der Waals surface area contributed by atoms with Crippen LogP contribution in [-0.2, 0) is 11.4 Å². The van der Waals surface area contributed by atoms with Crippen LogP contribution in [0.3, 0.4) is 0 Å². The van der Waals surface area contributed by atoms with Crippen molar-refractivity contribution in [3.8, 4) is 0 Å². The number of rotatable bonds is 5. The van der Waals surface area contributed by atoms with Crippen molar-refractivity contribution in [1.29, 1.82) is 0 Å². The number of piperidine rings is 1. The van der Waals surface area contributed by atoms with Gasteiger partial charge in [-0.1, -0.05) is 6.92 Å². The molecule has 0 saturated carbocycles. The zero-order valence-corrected chi connectivity index (χ0v) is 14.5. The highest BCUT2D eigenvalue weighted by Crippen LogP contribution is 2.18. The maximum atomic E-state index is 12.1. The molecular formula is C15H22IN3O2. The van der Waals surface area contributed by atoms with Crippen LogP contribution in [0.1, 0.15) is 31.7 Å². The van der Waals surface area contributed by atoms with Gasteiger partial charge in [0.2, 0.25) is 5.91 Å². The highest BCUT2D eigenvalue weighted by molar-refractivity contribution is 14.1. The van der Waals surface area contributed by atoms with Crippen LogP contribution in [0, 0.1) is 9.49 Å². The Hall–Kier alpha value is -0.890. The Morgan fingerprint density at radius 2 is 2.24 bits per heavy atom. The van der Waals surface area contributed by atoms with Crippen molar-refractivity contribution in [1.82, 2.24) is 9.88 Å². The fourth-order valence-electron chi connectivity index (χ4n) is 2.40. The number of nitrogens with one attached hydrogen (secondary N) is 1. The SMILES string of the molecule is CC1CCN(C(=O)CCNc2ncc(CO)cc2I)CC1. The van der Waals surface area contributed by atoms with E-state index in [-0.39, 0.29) is 12.5 Å². The number of hydrogen-bond acceptors (Lipinski definition) is 4. The molecule has 5 nitrogen and oxygen atoms in total. The number of halogens is 1. The second-order valence-electron chi connectivity index (χ2n) is 5.57. The molecule has 0 bridgehead atoms. The summed E-state index contributed by atoms with van der Waals surface area (Å²) < 4.78 is 0.957. The van der Waals surface area contributed by atoms with Crippen LogP contribution in [0.25, 0.3) is 0 Å². The smallest absolute Gasteiger partial charge is 0.224 e. The van der Waals surface area contributed by atoms with Crippen LogP contribution < -0.4 is 5.32 Å². The molecule has 1 saturated heterocycles. The number of amides is 1. The predicted molar refractivity (Wildman–Crippen MR) is 91.0 cm³/mol. The van der Waals surface area contributed by atoms with Crippen molar-refractivity contribution in [3.63, 3.8) is 0 Å². The summed E-state index contributed by atoms with van der Waals surface area (Å²) in [4.78, 5) is 18.3. The van der Waals surface area contributed by atoms with Gasteiger partial charge < -0.3 is 15.3 Å². The molecule has 21 heavy (non-hydrogen) atoms. The van der Waals surface area contributed by atoms with Gasteiger partial charge in [0.25, 0.3) is 0 Å². The molecule has 0 aliphatic carbocycles. The maximum Gasteiger partial charge on any atom is 0.224 e. The summed E-state index contributed by atoms with van der Waals surface area (Å²) in [6, 6.07) is 1.89. The lowest BCUT2D eigenvalue weighted by Gasteiger charge is -2.30. The van der Waals surface area contributed by atoms with Crippen LogP contribution in [0.2, 0.25) is 0 Å². The van der Waals surface area contributed by atoms with E-state index in [1.165, 1.54) is 0 Å². The fourth-order valence-corrected chi connectivity index (χ4v) is 3.13. The summed E-state index contributed by atoms with van der Waals surface area (Å²) in [6.07, 6.45) is 4.37. The Morgan fingerprint density at radius 1 is 1.52 bits per heavy atom. The van der Waals surface area contributed by atoms with Gasteiger partial charge in [-0.2, -0.15) is 0 Å². The Morgan fingerprint density at radius 3 is 2.86 bits per heavy atom. The lowest BCUT2D eigenvalue weighted by atomic mass is 9.99. The molecule has 0 radical (unpaired) electrons. The van der Waals surface area contributed by atoms with Crippen molar-refractivity contribution < 1.29 is 9.90 Å². The molecule has 6 heteroatoms. The second kappa shape index (κ2) is 7.93. The number of likely N-dealkylation sites (tertiary alicyclic amines) is 1. The Kier molecular flexibility index (Phi) is 6.22. The van der Waals surface area contributed by atoms with Crippen molar-refractivity contribution in [2.45, 2.75) is 32.8 Å². The average molecular weight is 403 g/mol. The molecule has 0 aromatic carbocycles. The average Bonchev–Trinajstić information content (AvgIpc) is 2.49. The summed E-state index contributed by atoms with van der Waals surface area (Å²) >= 11 is 2.18. The third kappa shape index (κ3) is 4.81. The van der Waals surface area contributed by atoms with Gasteiger partial charge in [0, 0.05) is 32.3 Å². The van der Waals surface area contributed by atoms with Gasteiger partial charge in [-0.25, -0.2) is 4.98 Å². The van der Waals surface area contributed by atoms with Gasteiger partial charge in [0.05, 0.1) is 10.2 Å². The summed E-state index contributed by atoms with van der Waals surface area (Å²) in [5, 5.41) is 12.2. The van der Waals surface area contributed by atoms with E-state index >= 15 is 0 Å². The minimum atomic E-state index is -0.00481. The Labute approximate surface area is 139 Å². The van der Waals surface area contributed by atoms with Crippen LogP contribution in [-0.4, -0.2) is 40.5 Å². The highest BCUT2D eigenvalue weighted by atomic mass is 127. The van der Waals surface area contributed by atoms with Crippen LogP contribution in [0.15, 0.2) is 12.3 Å². The molecule has 2 rings (SSSR count). The second-order valence-corrected chi connectivity index (χ2v) is 6.73. The van der Waals surface area contributed by atoms with E-state index < -0.39 is 0 Å². The topological polar surface area (TPSA) is 65.5 Å². The lowest BCUT2D eigenvalue weighted by molar-refractivity contribution is -0.132. The number of aliphatic hydroxyl groups is 1. The first-order chi connectivity index (χ1) is 10.1. The number of aromatic nitrogens is 1. The first-order valence-electron chi connectivity index (χ1n) is 7.37. The summed E-state index contributed by atoms with van der Waals surface area (Å²) in [7, 11) is 0. The van der Waals surface area contributed by atoms with Gasteiger partial charge >= 0.3 is 0 Å². The number of carbonyl (C=O) groups excluding carboxylic acids is 1. The molecule has 2 heterocycles. The van der Waals surface area contributed by atoms with Crippen molar-refractivity contribution >= 4 is 34.3 Å². The predicted octanol–water partition coefficient (Wildman–Crippen LogP) is 2.24. The van der Waals surface area contributed by atoms with E-state index in [0.29, 0.717) is 13.0 Å². The monoisotopic (exact) mass is 403 g/mol. The standard InChI is InChI=1S/C15H22IN3O2/c1-11-3-6-19(7-4-11)14(21)2-5-17-15-13(16)8-12(10-20)9-18-15/h8-9,11,20H,2-7,10H2,1H3,(H,17,18). The molecule has 1 fully saturated rings. The zero-order valence-electron chi connectivity index (χ0n) is 12.3. The normalized spacial score (nSPS) is 16.0. The molecule has 2 N–H and O–H groups in total. The highest BCUT2D eigenvalue weighted by Gasteiger charge is 2.19. The van der Waals surface area contributed by atoms with Crippen molar-refractivity contribution in [3.05, 3.63) is 21.4 Å². The third-order valence-corrected chi connectivity index (χ3v) is 4.67. The Balaban J connectivity index is 1.77. The van der Waals surface area contributed by atoms with Crippen LogP contribution >= 0.6 is 22.6 Å². The number of hydrogen-bond donors (Lipinski definition) is 2. The molecule has 1 aromatic heterocycles. The minimum Gasteiger partial charge on any atom is -0.392 e. The van der Waals surface area contributed by atoms with E-state index in [2.05, 4.69) is 39.8 Å². The molecule has 116 valence electrons. The molecule has 1 aliphatic heterocycles. The molecule has 0 spiro atoms. The van der Waals surface area contributed by atoms with Gasteiger partial charge in [0.1, 0.15) is 5.82 Å². The summed E-state index contributed by atoms with van der Waals surface area (Å²) in [6.45, 7) is 4.61. The number of nitrogens with zero attached hydrogens (tertiary/aromatic N) is 2. The molecule has 1 amide bonds. The quantitative estimate of drug-likeness (QED) is 0.741. The number of aliphatic hydroxyl groups excluding tert-OH is 1. The molecular weight excluding hydrogens is 381 g/mol. The van der Waals surface area contributed by atoms with Gasteiger partial charge in [-0.15, -0.1) is 0 Å². The Bertz CT molecular complexity index is 488. The first kappa shape index (κ1) is 16.5. The van der Waals surface area contributed by atoms with E-state index in [1.807, 2.05) is 11.0 Å². The van der Waals surface area contributed by atoms with E-state index in [4.69, 9.17) is 5.11 Å². The van der Waals surface area contributed by atoms with Crippen molar-refractivity contribution in [2.24, 2.45) is 5.92 Å². The zero-order chi connectivity index (χ0) is 15.2. The van der Waals surface area contributed by atoms with E-state index in [9.17, 15) is 4.79 Å². The van der Waals surface area contributed by atoms with Crippen molar-refractivity contribution in [2.75, 3.05) is 25.0 Å². The maximum absolute atomic E-state index is 12.1. The van der Waals surface area contributed by atoms with Crippen LogP contribution in [0.5, 0.6) is 0 Å². The number of pyridine rings is 1. The third-order valence-electron chi connectivity index (χ3n) is 3.85. The summed E-state index contributed by atoms with van der Waals surface area (Å²) in [5.74, 6) is 1.73. The van der Waals surface area contributed by atoms with Gasteiger partial charge in [-0.3, -0.25) is 4.79 Å². The molecule has 1 aromatic rings. The first-order valence-corrected chi connectivity index (χ1v) is 8.45. The van der Waals surface area contributed by atoms with Gasteiger partial charge in [-0.05, 0) is 53.0 Å². The molecule has 0 atom stereocenters. The summed E-state index contributed by atoms with van der Waals surface area (Å²) in [5.41, 5.74) is 0.795. The molecule has 0 unspecified atom stereocenters. The number of carbonyl (C=O) groups is 1. The van der Waals surface area contributed by atoms with Crippen LogP contribution in [0.4, 0.5) is 5.82 Å². The lowest BCUT2D eigenvalue weighted by Crippen LogP contribution is -2.38. The van der Waals surface area contributed by atoms with Gasteiger partial charge in [0.15, 0.2) is 0 Å². The number of anilines is 1. The molecule has 1 aliphatic rings.